The monoisotopic (exact) mass is 419 g/mol. The van der Waals surface area contributed by atoms with E-state index in [0.717, 1.165) is 37.7 Å². The molecule has 0 saturated carbocycles. The van der Waals surface area contributed by atoms with Gasteiger partial charge in [-0.1, -0.05) is 18.2 Å². The summed E-state index contributed by atoms with van der Waals surface area (Å²) in [5.41, 5.74) is 2.94. The minimum atomic E-state index is -0.313. The molecule has 4 rings (SSSR count). The fraction of sp³-hybridized carbons (Fsp3) is 0.261. The lowest BCUT2D eigenvalue weighted by molar-refractivity contribution is -0.116. The summed E-state index contributed by atoms with van der Waals surface area (Å²) >= 11 is 0. The summed E-state index contributed by atoms with van der Waals surface area (Å²) < 4.78 is 7.01. The molecule has 0 unspecified atom stereocenters. The zero-order valence-corrected chi connectivity index (χ0v) is 17.4. The molecule has 160 valence electrons. The second-order valence-corrected chi connectivity index (χ2v) is 7.34. The van der Waals surface area contributed by atoms with Gasteiger partial charge in [0.05, 0.1) is 25.4 Å². The molecule has 1 aliphatic rings. The molecule has 1 aromatic heterocycles. The van der Waals surface area contributed by atoms with Crippen molar-refractivity contribution in [3.8, 4) is 5.69 Å². The largest absolute Gasteiger partial charge is 0.378 e. The highest BCUT2D eigenvalue weighted by Crippen LogP contribution is 2.19. The first-order valence-corrected chi connectivity index (χ1v) is 10.2. The van der Waals surface area contributed by atoms with E-state index in [0.29, 0.717) is 5.69 Å². The van der Waals surface area contributed by atoms with Gasteiger partial charge in [-0.15, -0.1) is 0 Å². The van der Waals surface area contributed by atoms with Gasteiger partial charge < -0.3 is 19.9 Å². The van der Waals surface area contributed by atoms with Crippen molar-refractivity contribution in [3.05, 3.63) is 72.6 Å². The maximum atomic E-state index is 12.7. The average molecular weight is 419 g/mol. The Kier molecular flexibility index (Phi) is 6.28. The number of hydrogen-bond donors (Lipinski definition) is 1. The van der Waals surface area contributed by atoms with E-state index >= 15 is 0 Å². The summed E-state index contributed by atoms with van der Waals surface area (Å²) in [7, 11) is 1.59. The molecule has 0 bridgehead atoms. The normalized spacial score (nSPS) is 13.6. The third kappa shape index (κ3) is 5.10. The smallest absolute Gasteiger partial charge is 0.274 e. The Bertz CT molecular complexity index is 1030. The van der Waals surface area contributed by atoms with E-state index in [1.165, 1.54) is 4.90 Å². The molecule has 0 spiro atoms. The van der Waals surface area contributed by atoms with Gasteiger partial charge in [-0.2, -0.15) is 5.10 Å². The van der Waals surface area contributed by atoms with Gasteiger partial charge in [0.2, 0.25) is 5.91 Å². The van der Waals surface area contributed by atoms with Crippen LogP contribution in [0.5, 0.6) is 0 Å². The highest BCUT2D eigenvalue weighted by atomic mass is 16.5. The quantitative estimate of drug-likeness (QED) is 0.664. The van der Waals surface area contributed by atoms with Gasteiger partial charge >= 0.3 is 0 Å². The first-order chi connectivity index (χ1) is 15.1. The molecule has 8 nitrogen and oxygen atoms in total. The number of amides is 2. The molecule has 0 radical (unpaired) electrons. The number of carbonyl (C=O) groups is 2. The van der Waals surface area contributed by atoms with Crippen LogP contribution in [0, 0.1) is 0 Å². The lowest BCUT2D eigenvalue weighted by Gasteiger charge is -2.28. The molecule has 2 amide bonds. The van der Waals surface area contributed by atoms with Gasteiger partial charge in [0.15, 0.2) is 5.69 Å². The number of ether oxygens (including phenoxy) is 1. The Morgan fingerprint density at radius 2 is 1.71 bits per heavy atom. The Morgan fingerprint density at radius 1 is 1.00 bits per heavy atom. The summed E-state index contributed by atoms with van der Waals surface area (Å²) in [4.78, 5) is 28.7. The van der Waals surface area contributed by atoms with Crippen molar-refractivity contribution in [2.75, 3.05) is 50.1 Å². The van der Waals surface area contributed by atoms with Crippen LogP contribution in [0.2, 0.25) is 0 Å². The van der Waals surface area contributed by atoms with E-state index < -0.39 is 0 Å². The summed E-state index contributed by atoms with van der Waals surface area (Å²) in [5, 5.41) is 7.17. The zero-order valence-electron chi connectivity index (χ0n) is 17.4. The molecule has 1 saturated heterocycles. The Balaban J connectivity index is 1.32. The van der Waals surface area contributed by atoms with Crippen molar-refractivity contribution in [3.63, 3.8) is 0 Å². The number of likely N-dealkylation sites (N-methyl/N-ethyl adjacent to an activating group) is 1. The molecule has 2 aromatic carbocycles. The van der Waals surface area contributed by atoms with Crippen LogP contribution in [0.3, 0.4) is 0 Å². The highest BCUT2D eigenvalue weighted by Gasteiger charge is 2.18. The predicted molar refractivity (Wildman–Crippen MR) is 119 cm³/mol. The number of morpholine rings is 1. The van der Waals surface area contributed by atoms with Crippen molar-refractivity contribution in [2.45, 2.75) is 0 Å². The number of para-hydroxylation sites is 1. The van der Waals surface area contributed by atoms with E-state index in [1.807, 2.05) is 54.6 Å². The molecule has 0 aliphatic carbocycles. The van der Waals surface area contributed by atoms with E-state index in [4.69, 9.17) is 4.74 Å². The molecular weight excluding hydrogens is 394 g/mol. The average Bonchev–Trinajstić information content (AvgIpc) is 3.30. The van der Waals surface area contributed by atoms with Crippen LogP contribution in [0.1, 0.15) is 10.5 Å². The maximum Gasteiger partial charge on any atom is 0.274 e. The summed E-state index contributed by atoms with van der Waals surface area (Å²) in [6.45, 7) is 3.10. The number of benzene rings is 2. The van der Waals surface area contributed by atoms with Crippen LogP contribution >= 0.6 is 0 Å². The van der Waals surface area contributed by atoms with Crippen LogP contribution in [-0.4, -0.2) is 66.4 Å². The van der Waals surface area contributed by atoms with Crippen molar-refractivity contribution >= 4 is 23.2 Å². The molecule has 8 heteroatoms. The highest BCUT2D eigenvalue weighted by molar-refractivity contribution is 5.98. The van der Waals surface area contributed by atoms with Crippen molar-refractivity contribution in [1.29, 1.82) is 0 Å². The molecule has 1 fully saturated rings. The molecule has 1 N–H and O–H groups in total. The minimum Gasteiger partial charge on any atom is -0.378 e. The van der Waals surface area contributed by atoms with Crippen molar-refractivity contribution < 1.29 is 14.3 Å². The Labute approximate surface area is 181 Å². The molecule has 0 atom stereocenters. The summed E-state index contributed by atoms with van der Waals surface area (Å²) in [6, 6.07) is 18.9. The van der Waals surface area contributed by atoms with E-state index in [2.05, 4.69) is 15.3 Å². The van der Waals surface area contributed by atoms with Crippen LogP contribution < -0.4 is 10.2 Å². The Hall–Kier alpha value is -3.65. The van der Waals surface area contributed by atoms with Crippen molar-refractivity contribution in [2.24, 2.45) is 0 Å². The fourth-order valence-corrected chi connectivity index (χ4v) is 3.42. The maximum absolute atomic E-state index is 12.7. The van der Waals surface area contributed by atoms with Crippen LogP contribution in [-0.2, 0) is 9.53 Å². The van der Waals surface area contributed by atoms with E-state index in [1.54, 1.807) is 24.0 Å². The van der Waals surface area contributed by atoms with Crippen LogP contribution in [0.25, 0.3) is 5.69 Å². The second-order valence-electron chi connectivity index (χ2n) is 7.34. The SMILES string of the molecule is CN(CC(=O)Nc1ccc(N2CCOCC2)cc1)C(=O)c1ccn(-c2ccccc2)n1. The van der Waals surface area contributed by atoms with E-state index in [9.17, 15) is 9.59 Å². The Morgan fingerprint density at radius 3 is 2.42 bits per heavy atom. The number of aromatic nitrogens is 2. The fourth-order valence-electron chi connectivity index (χ4n) is 3.42. The standard InChI is InChI=1S/C23H25N5O3/c1-26(23(30)21-11-12-28(25-21)20-5-3-2-4-6-20)17-22(29)24-18-7-9-19(10-8-18)27-13-15-31-16-14-27/h2-12H,13-17H2,1H3,(H,24,29). The lowest BCUT2D eigenvalue weighted by Crippen LogP contribution is -2.36. The third-order valence-corrected chi connectivity index (χ3v) is 5.08. The van der Waals surface area contributed by atoms with Gasteiger partial charge in [0.25, 0.3) is 5.91 Å². The predicted octanol–water partition coefficient (Wildman–Crippen LogP) is 2.42. The zero-order chi connectivity index (χ0) is 21.6. The van der Waals surface area contributed by atoms with Gasteiger partial charge in [0.1, 0.15) is 0 Å². The second kappa shape index (κ2) is 9.44. The van der Waals surface area contributed by atoms with E-state index in [-0.39, 0.29) is 24.1 Å². The number of rotatable bonds is 6. The van der Waals surface area contributed by atoms with Gasteiger partial charge in [-0.25, -0.2) is 4.68 Å². The topological polar surface area (TPSA) is 79.7 Å². The molecule has 31 heavy (non-hydrogen) atoms. The first kappa shape index (κ1) is 20.6. The number of nitrogens with zero attached hydrogens (tertiary/aromatic N) is 4. The molecule has 1 aliphatic heterocycles. The molecule has 2 heterocycles. The first-order valence-electron chi connectivity index (χ1n) is 10.2. The minimum absolute atomic E-state index is 0.0672. The lowest BCUT2D eigenvalue weighted by atomic mass is 10.2. The number of anilines is 2. The number of carbonyl (C=O) groups excluding carboxylic acids is 2. The van der Waals surface area contributed by atoms with Crippen molar-refractivity contribution in [1.82, 2.24) is 14.7 Å². The van der Waals surface area contributed by atoms with Crippen LogP contribution in [0.15, 0.2) is 66.9 Å². The summed E-state index contributed by atoms with van der Waals surface area (Å²) in [5.74, 6) is -0.579. The third-order valence-electron chi connectivity index (χ3n) is 5.08. The van der Waals surface area contributed by atoms with Crippen LogP contribution in [0.4, 0.5) is 11.4 Å². The molecular formula is C23H25N5O3. The summed E-state index contributed by atoms with van der Waals surface area (Å²) in [6.07, 6.45) is 1.73. The van der Waals surface area contributed by atoms with Gasteiger partial charge in [0, 0.05) is 37.7 Å². The number of hydrogen-bond acceptors (Lipinski definition) is 5. The van der Waals surface area contributed by atoms with Gasteiger partial charge in [-0.3, -0.25) is 9.59 Å². The number of nitrogens with one attached hydrogen (secondary N) is 1. The van der Waals surface area contributed by atoms with Gasteiger partial charge in [-0.05, 0) is 42.5 Å². The molecule has 3 aromatic rings.